The third-order valence-corrected chi connectivity index (χ3v) is 23.8. The maximum absolute atomic E-state index is 11.4. The number of nitro groups is 1. The Bertz CT molecular complexity index is 5430. The van der Waals surface area contributed by atoms with Gasteiger partial charge in [-0.05, 0) is 186 Å². The van der Waals surface area contributed by atoms with E-state index in [1.807, 2.05) is 61.7 Å². The van der Waals surface area contributed by atoms with Crippen LogP contribution in [0.5, 0.6) is 23.0 Å². The van der Waals surface area contributed by atoms with Crippen molar-refractivity contribution in [3.8, 4) is 23.0 Å². The van der Waals surface area contributed by atoms with E-state index in [0.717, 1.165) is 84.7 Å². The highest BCUT2D eigenvalue weighted by atomic mass is 31.1. The van der Waals surface area contributed by atoms with Crippen LogP contribution in [0.1, 0.15) is 272 Å². The zero-order chi connectivity index (χ0) is 87.6. The molecule has 0 spiro atoms. The molecule has 4 N–H and O–H groups in total. The first-order chi connectivity index (χ1) is 54.7. The van der Waals surface area contributed by atoms with Crippen molar-refractivity contribution in [3.63, 3.8) is 0 Å². The second-order valence-corrected chi connectivity index (χ2v) is 42.0. The first-order valence-electron chi connectivity index (χ1n) is 41.3. The number of hydrogen-bond acceptors (Lipinski definition) is 9. The summed E-state index contributed by atoms with van der Waals surface area (Å²) in [6.45, 7) is 59.8. The van der Waals surface area contributed by atoms with Crippen LogP contribution >= 0.6 is 7.92 Å². The molecule has 0 aliphatic heterocycles. The molecular weight excluding hydrogens is 1470 g/mol. The largest absolute Gasteiger partial charge is 0.507 e. The lowest BCUT2D eigenvalue weighted by Crippen LogP contribution is -2.17. The molecule has 0 aliphatic carbocycles. The van der Waals surface area contributed by atoms with Crippen molar-refractivity contribution in [1.82, 2.24) is 0 Å². The number of rotatable bonds is 14. The van der Waals surface area contributed by atoms with E-state index in [-0.39, 0.29) is 54.8 Å². The molecule has 10 nitrogen and oxygen atoms in total. The van der Waals surface area contributed by atoms with Gasteiger partial charge in [-0.2, -0.15) is 0 Å². The van der Waals surface area contributed by atoms with E-state index in [1.165, 1.54) is 61.8 Å². The highest BCUT2D eigenvalue weighted by molar-refractivity contribution is 7.64. The Morgan fingerprint density at radius 1 is 0.339 bits per heavy atom. The lowest BCUT2D eigenvalue weighted by atomic mass is 9.79. The summed E-state index contributed by atoms with van der Waals surface area (Å²) in [6.07, 6.45) is 11.6. The molecule has 0 heterocycles. The third kappa shape index (κ3) is 25.0. The Kier molecular flexibility index (Phi) is 29.6. The van der Waals surface area contributed by atoms with Gasteiger partial charge in [0.15, 0.2) is 0 Å². The molecule has 0 unspecified atom stereocenters. The summed E-state index contributed by atoms with van der Waals surface area (Å²) in [4.78, 5) is 24.4. The maximum Gasteiger partial charge on any atom is 0.269 e. The minimum atomic E-state index is -0.497. The van der Waals surface area contributed by atoms with Gasteiger partial charge in [-0.15, -0.1) is 0 Å². The number of hydrogen-bond donors (Lipinski definition) is 4. The van der Waals surface area contributed by atoms with Crippen LogP contribution in [-0.4, -0.2) is 44.0 Å². The van der Waals surface area contributed by atoms with Gasteiger partial charge in [0.1, 0.15) is 23.0 Å². The summed E-state index contributed by atoms with van der Waals surface area (Å²) in [5.74, 6) is 1.25. The standard InChI is InChI=1S/C37H43OP.C26H31NO.C22H28N2O3.C22H29NO/c1-27-18-19-30(20-21-31-23-32(36(2,3)4)24-33(35(31)38)37(5,6)7)34(22-27)39(25-28-14-10-8-11-15-28)26-29-16-12-9-13-17-29;1-17-12-13-18-10-8-9-11-21(18)23(17)27-16-19-14-20(25(2,3)4)15-22(24(19)28)26(5,6)7;1-14-10-17(24(26)27)8-9-19(14)23-13-15-11-16(21(2,3)4)12-18(20(15)25)22(5,6)7;1-15-10-8-9-11-19(15)23-14-16-12-17(21(2,3)4)13-18(20(16)24)22(5,6)7/h8-24,38H,25-26H2,1-7H3;8-16,28H,1-7H3;8-13,25H,1-7H3;8-14,24H,1-7H3/b21-20+;;;. The SMILES string of the molecule is Cc1cc([N+](=O)[O-])ccc1N=Cc1cc(C(C)(C)C)cc(C(C)(C)C)c1O.Cc1ccc(/C=C/c2cc(C(C)(C)C)cc(C(C)(C)C)c2O)c(P(Cc2ccccc2)Cc2ccccc2)c1.Cc1ccc2ccccc2c1N=Cc1cc(C(C)(C)C)cc(C(C)(C)C)c1O.Cc1ccccc1N=Cc1cc(C(C)(C)C)cc(C(C)(C)C)c1O. The predicted octanol–water partition coefficient (Wildman–Crippen LogP) is 29.2. The molecule has 0 aliphatic rings. The van der Waals surface area contributed by atoms with E-state index < -0.39 is 12.8 Å². The van der Waals surface area contributed by atoms with Gasteiger partial charge in [-0.25, -0.2) is 0 Å². The summed E-state index contributed by atoms with van der Waals surface area (Å²) in [5.41, 5.74) is 21.7. The van der Waals surface area contributed by atoms with Gasteiger partial charge < -0.3 is 20.4 Å². The van der Waals surface area contributed by atoms with Crippen molar-refractivity contribution >= 4 is 77.5 Å². The van der Waals surface area contributed by atoms with Gasteiger partial charge in [-0.3, -0.25) is 25.1 Å². The first kappa shape index (κ1) is 93.0. The Balaban J connectivity index is 0.000000200. The summed E-state index contributed by atoms with van der Waals surface area (Å²) in [6, 6.07) is 70.3. The normalized spacial score (nSPS) is 12.6. The zero-order valence-corrected chi connectivity index (χ0v) is 76.7. The molecule has 0 aromatic heterocycles. The average Bonchev–Trinajstić information content (AvgIpc) is 0.820. The topological polar surface area (TPSA) is 161 Å². The van der Waals surface area contributed by atoms with Crippen molar-refractivity contribution < 1.29 is 25.3 Å². The van der Waals surface area contributed by atoms with Crippen molar-refractivity contribution in [3.05, 3.63) is 322 Å². The van der Waals surface area contributed by atoms with Crippen LogP contribution in [0.2, 0.25) is 0 Å². The van der Waals surface area contributed by atoms with Gasteiger partial charge in [0.2, 0.25) is 0 Å². The number of fused-ring (bicyclic) bond motifs is 1. The van der Waals surface area contributed by atoms with Crippen LogP contribution in [0.4, 0.5) is 22.7 Å². The Morgan fingerprint density at radius 2 is 0.703 bits per heavy atom. The van der Waals surface area contributed by atoms with Crippen molar-refractivity contribution in [2.24, 2.45) is 15.0 Å². The zero-order valence-electron chi connectivity index (χ0n) is 75.8. The fourth-order valence-corrected chi connectivity index (χ4v) is 16.4. The molecule has 0 bridgehead atoms. The number of nitro benzene ring substituents is 1. The van der Waals surface area contributed by atoms with E-state index in [0.29, 0.717) is 34.1 Å². The van der Waals surface area contributed by atoms with Crippen molar-refractivity contribution in [2.75, 3.05) is 0 Å². The third-order valence-electron chi connectivity index (χ3n) is 21.3. The van der Waals surface area contributed by atoms with E-state index in [4.69, 9.17) is 4.99 Å². The Labute approximate surface area is 708 Å². The number of aliphatic imine (C=N–C) groups is 3. The van der Waals surface area contributed by atoms with Gasteiger partial charge in [0, 0.05) is 80.7 Å². The molecule has 0 saturated carbocycles. The minimum Gasteiger partial charge on any atom is -0.507 e. The number of phenolic OH excluding ortho intramolecular Hbond substituents is 4. The number of phenols is 4. The molecule has 0 amide bonds. The molecule has 0 radical (unpaired) electrons. The molecule has 118 heavy (non-hydrogen) atoms. The van der Waals surface area contributed by atoms with Crippen LogP contribution in [-0.2, 0) is 55.6 Å². The summed E-state index contributed by atoms with van der Waals surface area (Å²) < 4.78 is 0. The van der Waals surface area contributed by atoms with Crippen molar-refractivity contribution in [1.29, 1.82) is 0 Å². The monoisotopic (exact) mass is 1600 g/mol. The molecule has 11 aromatic carbocycles. The van der Waals surface area contributed by atoms with Crippen LogP contribution < -0.4 is 5.30 Å². The fourth-order valence-electron chi connectivity index (χ4n) is 13.7. The van der Waals surface area contributed by atoms with Crippen molar-refractivity contribution in [2.45, 2.75) is 250 Å². The number of aryl methyl sites for hydroxylation is 4. The van der Waals surface area contributed by atoms with E-state index >= 15 is 0 Å². The summed E-state index contributed by atoms with van der Waals surface area (Å²) in [5, 5.41) is 58.5. The quantitative estimate of drug-likeness (QED) is 0.0279. The second kappa shape index (κ2) is 37.6. The van der Waals surface area contributed by atoms with Gasteiger partial charge in [0.05, 0.1) is 22.0 Å². The average molecular weight is 1600 g/mol. The highest BCUT2D eigenvalue weighted by Gasteiger charge is 2.30. The molecule has 11 aromatic rings. The second-order valence-electron chi connectivity index (χ2n) is 39.8. The summed E-state index contributed by atoms with van der Waals surface area (Å²) >= 11 is 0. The molecule has 11 heteroatoms. The van der Waals surface area contributed by atoms with Gasteiger partial charge in [-0.1, -0.05) is 350 Å². The Morgan fingerprint density at radius 3 is 1.10 bits per heavy atom. The number of nitrogens with zero attached hydrogens (tertiary/aromatic N) is 4. The number of para-hydroxylation sites is 1. The molecule has 0 saturated heterocycles. The van der Waals surface area contributed by atoms with Crippen LogP contribution in [0, 0.1) is 37.8 Å². The minimum absolute atomic E-state index is 0.00828. The number of benzene rings is 11. The highest BCUT2D eigenvalue weighted by Crippen LogP contribution is 2.47. The van der Waals surface area contributed by atoms with E-state index in [2.05, 4.69) is 342 Å². The number of non-ortho nitro benzene ring substituents is 1. The first-order valence-corrected chi connectivity index (χ1v) is 43.0. The fraction of sp³-hybridized carbons (Fsp3) is 0.355. The van der Waals surface area contributed by atoms with Crippen LogP contribution in [0.15, 0.2) is 221 Å². The smallest absolute Gasteiger partial charge is 0.269 e. The Hall–Kier alpha value is -10.5. The van der Waals surface area contributed by atoms with Crippen LogP contribution in [0.25, 0.3) is 22.9 Å². The number of aromatic hydroxyl groups is 4. The molecule has 0 atom stereocenters. The van der Waals surface area contributed by atoms with E-state index in [1.54, 1.807) is 25.4 Å². The van der Waals surface area contributed by atoms with Crippen LogP contribution in [0.3, 0.4) is 0 Å². The maximum atomic E-state index is 11.4. The van der Waals surface area contributed by atoms with Gasteiger partial charge in [0.25, 0.3) is 5.69 Å². The lowest BCUT2D eigenvalue weighted by molar-refractivity contribution is -0.384. The molecule has 620 valence electrons. The summed E-state index contributed by atoms with van der Waals surface area (Å²) in [7, 11) is -0.497. The lowest BCUT2D eigenvalue weighted by Gasteiger charge is -2.27. The predicted molar refractivity (Wildman–Crippen MR) is 508 cm³/mol. The molecule has 11 rings (SSSR count). The van der Waals surface area contributed by atoms with Gasteiger partial charge >= 0.3 is 0 Å². The molecular formula is C107H131N4O6P. The van der Waals surface area contributed by atoms with E-state index in [9.17, 15) is 30.5 Å². The molecule has 0 fully saturated rings.